The summed E-state index contributed by atoms with van der Waals surface area (Å²) in [5.74, 6) is 0.426. The van der Waals surface area contributed by atoms with E-state index in [9.17, 15) is 13.2 Å². The van der Waals surface area contributed by atoms with Crippen LogP contribution in [0.25, 0.3) is 0 Å². The Hall–Kier alpha value is -2.05. The van der Waals surface area contributed by atoms with Crippen molar-refractivity contribution in [3.63, 3.8) is 0 Å². The molecule has 25 heavy (non-hydrogen) atoms. The van der Waals surface area contributed by atoms with Crippen molar-refractivity contribution in [3.8, 4) is 5.75 Å². The second-order valence-corrected chi connectivity index (χ2v) is 4.73. The third kappa shape index (κ3) is 6.76. The molecule has 2 aromatic rings. The zero-order chi connectivity index (χ0) is 17.6. The summed E-state index contributed by atoms with van der Waals surface area (Å²) < 4.78 is 42.9. The monoisotopic (exact) mass is 470 g/mol. The van der Waals surface area contributed by atoms with Crippen LogP contribution in [0.5, 0.6) is 5.75 Å². The Morgan fingerprint density at radius 3 is 2.76 bits per heavy atom. The smallest absolute Gasteiger partial charge is 0.404 e. The Bertz CT molecular complexity index is 704. The average molecular weight is 470 g/mol. The molecule has 0 saturated carbocycles. The van der Waals surface area contributed by atoms with E-state index in [0.29, 0.717) is 13.1 Å². The van der Waals surface area contributed by atoms with Crippen LogP contribution in [0.3, 0.4) is 0 Å². The first-order valence-electron chi connectivity index (χ1n) is 7.17. The van der Waals surface area contributed by atoms with Gasteiger partial charge >= 0.3 is 6.36 Å². The number of halogens is 4. The van der Waals surface area contributed by atoms with Gasteiger partial charge in [0.15, 0.2) is 11.7 Å². The second-order valence-electron chi connectivity index (χ2n) is 4.73. The van der Waals surface area contributed by atoms with Gasteiger partial charge in [0.1, 0.15) is 12.2 Å². The summed E-state index contributed by atoms with van der Waals surface area (Å²) >= 11 is 0. The SMILES string of the molecule is CCc1nncn1CCN=C(N)Nc1ccccc1OC(F)(F)F.I. The third-order valence-electron chi connectivity index (χ3n) is 3.01. The number of nitrogens with one attached hydrogen (secondary N) is 1. The number of hydrogen-bond acceptors (Lipinski definition) is 4. The van der Waals surface area contributed by atoms with Crippen LogP contribution in [0.1, 0.15) is 12.7 Å². The molecule has 11 heteroatoms. The molecular formula is C14H18F3IN6O. The molecule has 1 aromatic carbocycles. The van der Waals surface area contributed by atoms with Gasteiger partial charge in [-0.05, 0) is 12.1 Å². The topological polar surface area (TPSA) is 90.4 Å². The van der Waals surface area contributed by atoms with Crippen LogP contribution in [-0.2, 0) is 13.0 Å². The van der Waals surface area contributed by atoms with E-state index in [-0.39, 0.29) is 41.4 Å². The molecule has 0 radical (unpaired) electrons. The number of aromatic nitrogens is 3. The standard InChI is InChI=1S/C14H17F3N6O.HI/c1-2-12-22-20-9-23(12)8-7-19-13(18)21-10-5-3-4-6-11(10)24-14(15,16)17;/h3-6,9H,2,7-8H2,1H3,(H3,18,19,21);1H. The molecule has 0 spiro atoms. The van der Waals surface area contributed by atoms with E-state index in [1.54, 1.807) is 12.4 Å². The Balaban J connectivity index is 0.00000312. The molecule has 0 aliphatic carbocycles. The van der Waals surface area contributed by atoms with Crippen LogP contribution in [0, 0.1) is 0 Å². The molecule has 0 aliphatic rings. The lowest BCUT2D eigenvalue weighted by Crippen LogP contribution is -2.25. The van der Waals surface area contributed by atoms with E-state index in [1.165, 1.54) is 18.2 Å². The van der Waals surface area contributed by atoms with Gasteiger partial charge in [-0.15, -0.1) is 47.3 Å². The molecule has 0 aliphatic heterocycles. The Morgan fingerprint density at radius 2 is 2.08 bits per heavy atom. The first kappa shape index (κ1) is 21.0. The second kappa shape index (κ2) is 9.44. The molecule has 0 atom stereocenters. The van der Waals surface area contributed by atoms with Gasteiger partial charge in [0, 0.05) is 13.0 Å². The first-order chi connectivity index (χ1) is 11.4. The summed E-state index contributed by atoms with van der Waals surface area (Å²) in [6, 6.07) is 5.59. The molecule has 7 nitrogen and oxygen atoms in total. The Labute approximate surface area is 159 Å². The average Bonchev–Trinajstić information content (AvgIpc) is 2.95. The van der Waals surface area contributed by atoms with Crippen LogP contribution >= 0.6 is 24.0 Å². The number of hydrogen-bond donors (Lipinski definition) is 2. The number of aryl methyl sites for hydroxylation is 1. The Kier molecular flexibility index (Phi) is 7.93. The normalized spacial score (nSPS) is 11.8. The highest BCUT2D eigenvalue weighted by molar-refractivity contribution is 14.0. The van der Waals surface area contributed by atoms with E-state index < -0.39 is 6.36 Å². The highest BCUT2D eigenvalue weighted by Gasteiger charge is 2.32. The van der Waals surface area contributed by atoms with Gasteiger partial charge in [0.05, 0.1) is 12.2 Å². The third-order valence-corrected chi connectivity index (χ3v) is 3.01. The molecule has 0 fully saturated rings. The van der Waals surface area contributed by atoms with Crippen LogP contribution < -0.4 is 15.8 Å². The highest BCUT2D eigenvalue weighted by Crippen LogP contribution is 2.29. The predicted octanol–water partition coefficient (Wildman–Crippen LogP) is 2.78. The summed E-state index contributed by atoms with van der Waals surface area (Å²) in [6.07, 6.45) is -2.46. The van der Waals surface area contributed by atoms with Gasteiger partial charge in [-0.2, -0.15) is 0 Å². The minimum Gasteiger partial charge on any atom is -0.404 e. The Morgan fingerprint density at radius 1 is 1.36 bits per heavy atom. The highest BCUT2D eigenvalue weighted by atomic mass is 127. The van der Waals surface area contributed by atoms with Gasteiger partial charge in [-0.25, -0.2) is 0 Å². The zero-order valence-electron chi connectivity index (χ0n) is 13.3. The number of nitrogens with zero attached hydrogens (tertiary/aromatic N) is 4. The summed E-state index contributed by atoms with van der Waals surface area (Å²) in [7, 11) is 0. The maximum absolute atomic E-state index is 12.4. The van der Waals surface area contributed by atoms with Crippen LogP contribution in [0.2, 0.25) is 0 Å². The molecular weight excluding hydrogens is 452 g/mol. The van der Waals surface area contributed by atoms with Gasteiger partial charge in [0.2, 0.25) is 0 Å². The minimum absolute atomic E-state index is 0. The molecule has 3 N–H and O–H groups in total. The van der Waals surface area contributed by atoms with Crippen molar-refractivity contribution < 1.29 is 17.9 Å². The number of alkyl halides is 3. The number of aliphatic imine (C=N–C) groups is 1. The number of ether oxygens (including phenoxy) is 1. The lowest BCUT2D eigenvalue weighted by molar-refractivity contribution is -0.274. The summed E-state index contributed by atoms with van der Waals surface area (Å²) in [6.45, 7) is 2.79. The fraction of sp³-hybridized carbons (Fsp3) is 0.357. The largest absolute Gasteiger partial charge is 0.573 e. The minimum atomic E-state index is -4.78. The number of rotatable bonds is 6. The summed E-state index contributed by atoms with van der Waals surface area (Å²) in [4.78, 5) is 4.08. The molecule has 0 bridgehead atoms. The predicted molar refractivity (Wildman–Crippen MR) is 98.1 cm³/mol. The molecule has 1 aromatic heterocycles. The van der Waals surface area contributed by atoms with E-state index in [2.05, 4.69) is 25.2 Å². The van der Waals surface area contributed by atoms with E-state index in [4.69, 9.17) is 5.73 Å². The van der Waals surface area contributed by atoms with Crippen molar-refractivity contribution in [2.75, 3.05) is 11.9 Å². The van der Waals surface area contributed by atoms with Crippen molar-refractivity contribution in [1.29, 1.82) is 0 Å². The number of nitrogens with two attached hydrogens (primary N) is 1. The van der Waals surface area contributed by atoms with Crippen LogP contribution in [-0.4, -0.2) is 33.6 Å². The van der Waals surface area contributed by atoms with Gasteiger partial charge in [-0.3, -0.25) is 4.99 Å². The molecule has 2 rings (SSSR count). The molecule has 1 heterocycles. The molecule has 0 unspecified atom stereocenters. The number of guanidine groups is 1. The van der Waals surface area contributed by atoms with Gasteiger partial charge in [-0.1, -0.05) is 19.1 Å². The maximum atomic E-state index is 12.4. The zero-order valence-corrected chi connectivity index (χ0v) is 15.7. The number of anilines is 1. The fourth-order valence-corrected chi connectivity index (χ4v) is 1.98. The molecule has 0 amide bonds. The van der Waals surface area contributed by atoms with Crippen molar-refractivity contribution in [3.05, 3.63) is 36.4 Å². The van der Waals surface area contributed by atoms with E-state index in [0.717, 1.165) is 12.2 Å². The fourth-order valence-electron chi connectivity index (χ4n) is 1.98. The molecule has 138 valence electrons. The van der Waals surface area contributed by atoms with Crippen LogP contribution in [0.4, 0.5) is 18.9 Å². The first-order valence-corrected chi connectivity index (χ1v) is 7.17. The molecule has 0 saturated heterocycles. The maximum Gasteiger partial charge on any atom is 0.573 e. The lowest BCUT2D eigenvalue weighted by atomic mass is 10.3. The van der Waals surface area contributed by atoms with Crippen molar-refractivity contribution in [2.45, 2.75) is 26.3 Å². The summed E-state index contributed by atoms with van der Waals surface area (Å²) in [5, 5.41) is 10.3. The van der Waals surface area contributed by atoms with Gasteiger partial charge in [0.25, 0.3) is 0 Å². The van der Waals surface area contributed by atoms with Crippen LogP contribution in [0.15, 0.2) is 35.6 Å². The van der Waals surface area contributed by atoms with Crippen molar-refractivity contribution >= 4 is 35.6 Å². The number of benzene rings is 1. The number of para-hydroxylation sites is 2. The summed E-state index contributed by atoms with van der Waals surface area (Å²) in [5.41, 5.74) is 5.79. The van der Waals surface area contributed by atoms with Gasteiger partial charge < -0.3 is 20.4 Å². The van der Waals surface area contributed by atoms with Crippen molar-refractivity contribution in [2.24, 2.45) is 10.7 Å². The van der Waals surface area contributed by atoms with E-state index in [1.807, 2.05) is 11.5 Å². The van der Waals surface area contributed by atoms with E-state index >= 15 is 0 Å². The lowest BCUT2D eigenvalue weighted by Gasteiger charge is -2.14. The van der Waals surface area contributed by atoms with Crippen molar-refractivity contribution in [1.82, 2.24) is 14.8 Å². The quantitative estimate of drug-likeness (QED) is 0.385.